The number of nitrogens with one attached hydrogen (secondary N) is 1. The largest absolute Gasteiger partial charge is 0.314 e. The number of aryl methyl sites for hydroxylation is 2. The fraction of sp³-hybridized carbons (Fsp3) is 0.812. The Balaban J connectivity index is 2.06. The van der Waals surface area contributed by atoms with Crippen LogP contribution in [0.25, 0.3) is 0 Å². The Morgan fingerprint density at radius 2 is 2.05 bits per heavy atom. The molecule has 2 atom stereocenters. The van der Waals surface area contributed by atoms with Crippen molar-refractivity contribution in [2.45, 2.75) is 64.8 Å². The van der Waals surface area contributed by atoms with Gasteiger partial charge in [-0.3, -0.25) is 4.68 Å². The first-order valence-electron chi connectivity index (χ1n) is 7.99. The predicted molar refractivity (Wildman–Crippen MR) is 80.3 cm³/mol. The molecule has 3 heteroatoms. The molecule has 0 saturated heterocycles. The molecule has 0 radical (unpaired) electrons. The Morgan fingerprint density at radius 3 is 2.74 bits per heavy atom. The molecule has 19 heavy (non-hydrogen) atoms. The quantitative estimate of drug-likeness (QED) is 0.827. The van der Waals surface area contributed by atoms with Gasteiger partial charge < -0.3 is 5.32 Å². The van der Waals surface area contributed by atoms with E-state index in [1.165, 1.54) is 49.9 Å². The summed E-state index contributed by atoms with van der Waals surface area (Å²) in [6, 6.07) is 3.00. The van der Waals surface area contributed by atoms with Crippen LogP contribution in [0.5, 0.6) is 0 Å². The first kappa shape index (κ1) is 14.6. The van der Waals surface area contributed by atoms with E-state index in [4.69, 9.17) is 0 Å². The van der Waals surface area contributed by atoms with Crippen LogP contribution >= 0.6 is 0 Å². The Hall–Kier alpha value is -0.830. The van der Waals surface area contributed by atoms with Crippen molar-refractivity contribution in [3.05, 3.63) is 17.5 Å². The van der Waals surface area contributed by atoms with Gasteiger partial charge in [0.2, 0.25) is 0 Å². The molecule has 3 nitrogen and oxygen atoms in total. The molecule has 1 N–H and O–H groups in total. The molecular formula is C16H29N3. The van der Waals surface area contributed by atoms with Crippen molar-refractivity contribution in [3.63, 3.8) is 0 Å². The monoisotopic (exact) mass is 263 g/mol. The van der Waals surface area contributed by atoms with Crippen LogP contribution in [0, 0.1) is 5.92 Å². The summed E-state index contributed by atoms with van der Waals surface area (Å²) in [6.07, 6.45) is 9.12. The highest BCUT2D eigenvalue weighted by Gasteiger charge is 2.24. The second kappa shape index (κ2) is 7.09. The molecule has 2 rings (SSSR count). The van der Waals surface area contributed by atoms with E-state index in [0.717, 1.165) is 18.9 Å². The number of nitrogens with zero attached hydrogens (tertiary/aromatic N) is 2. The van der Waals surface area contributed by atoms with Crippen LogP contribution in [0.2, 0.25) is 0 Å². The van der Waals surface area contributed by atoms with E-state index in [9.17, 15) is 0 Å². The lowest BCUT2D eigenvalue weighted by atomic mass is 9.90. The van der Waals surface area contributed by atoms with Crippen LogP contribution in [0.15, 0.2) is 6.07 Å². The summed E-state index contributed by atoms with van der Waals surface area (Å²) in [5, 5.41) is 8.29. The summed E-state index contributed by atoms with van der Waals surface area (Å²) >= 11 is 0. The normalized spacial score (nSPS) is 24.4. The molecule has 0 amide bonds. The van der Waals surface area contributed by atoms with Gasteiger partial charge in [-0.05, 0) is 44.2 Å². The SMILES string of the molecule is CCNC1CCCCCC1Cc1cc(CC)nn1C. The Kier molecular flexibility index (Phi) is 5.44. The third kappa shape index (κ3) is 3.82. The van der Waals surface area contributed by atoms with Crippen molar-refractivity contribution in [3.8, 4) is 0 Å². The second-order valence-electron chi connectivity index (χ2n) is 5.87. The zero-order valence-corrected chi connectivity index (χ0v) is 12.8. The van der Waals surface area contributed by atoms with E-state index in [1.54, 1.807) is 0 Å². The van der Waals surface area contributed by atoms with Gasteiger partial charge in [0, 0.05) is 18.8 Å². The molecule has 108 valence electrons. The maximum absolute atomic E-state index is 4.59. The van der Waals surface area contributed by atoms with Crippen LogP contribution in [0.3, 0.4) is 0 Å². The molecular weight excluding hydrogens is 234 g/mol. The highest BCUT2D eigenvalue weighted by molar-refractivity contribution is 5.11. The van der Waals surface area contributed by atoms with Crippen LogP contribution in [-0.2, 0) is 19.9 Å². The molecule has 1 aromatic rings. The molecule has 1 saturated carbocycles. The minimum Gasteiger partial charge on any atom is -0.314 e. The van der Waals surface area contributed by atoms with Crippen LogP contribution < -0.4 is 5.32 Å². The van der Waals surface area contributed by atoms with Crippen molar-refractivity contribution in [1.82, 2.24) is 15.1 Å². The first-order valence-corrected chi connectivity index (χ1v) is 7.99. The standard InChI is InChI=1S/C16H29N3/c1-4-14-12-15(19(3)18-14)11-13-9-7-6-8-10-16(13)17-5-2/h12-13,16-17H,4-11H2,1-3H3. The summed E-state index contributed by atoms with van der Waals surface area (Å²) < 4.78 is 2.09. The minimum absolute atomic E-state index is 0.701. The lowest BCUT2D eigenvalue weighted by Gasteiger charge is -2.25. The van der Waals surface area contributed by atoms with Gasteiger partial charge >= 0.3 is 0 Å². The molecule has 0 spiro atoms. The van der Waals surface area contributed by atoms with E-state index in [2.05, 4.69) is 42.1 Å². The Morgan fingerprint density at radius 1 is 1.26 bits per heavy atom. The van der Waals surface area contributed by atoms with E-state index in [1.807, 2.05) is 0 Å². The topological polar surface area (TPSA) is 29.9 Å². The van der Waals surface area contributed by atoms with Gasteiger partial charge in [-0.1, -0.05) is 33.1 Å². The zero-order chi connectivity index (χ0) is 13.7. The first-order chi connectivity index (χ1) is 9.24. The number of aromatic nitrogens is 2. The van der Waals surface area contributed by atoms with Gasteiger partial charge in [0.25, 0.3) is 0 Å². The summed E-state index contributed by atoms with van der Waals surface area (Å²) in [6.45, 7) is 5.49. The van der Waals surface area contributed by atoms with Crippen LogP contribution in [-0.4, -0.2) is 22.4 Å². The molecule has 0 aromatic carbocycles. The summed E-state index contributed by atoms with van der Waals surface area (Å²) in [7, 11) is 2.09. The number of rotatable bonds is 5. The molecule has 2 unspecified atom stereocenters. The van der Waals surface area contributed by atoms with Crippen LogP contribution in [0.1, 0.15) is 57.3 Å². The maximum atomic E-state index is 4.59. The molecule has 0 aliphatic heterocycles. The predicted octanol–water partition coefficient (Wildman–Crippen LogP) is 3.08. The van der Waals surface area contributed by atoms with Crippen molar-refractivity contribution in [1.29, 1.82) is 0 Å². The maximum Gasteiger partial charge on any atom is 0.0624 e. The fourth-order valence-corrected chi connectivity index (χ4v) is 3.36. The molecule has 1 aliphatic rings. The smallest absolute Gasteiger partial charge is 0.0624 e. The van der Waals surface area contributed by atoms with Crippen LogP contribution in [0.4, 0.5) is 0 Å². The van der Waals surface area contributed by atoms with Gasteiger partial charge in [-0.25, -0.2) is 0 Å². The van der Waals surface area contributed by atoms with Crippen molar-refractivity contribution >= 4 is 0 Å². The third-order valence-corrected chi connectivity index (χ3v) is 4.49. The Labute approximate surface area is 117 Å². The molecule has 1 aromatic heterocycles. The van der Waals surface area contributed by atoms with Gasteiger partial charge in [0.05, 0.1) is 5.69 Å². The molecule has 0 bridgehead atoms. The van der Waals surface area contributed by atoms with Crippen molar-refractivity contribution in [2.75, 3.05) is 6.54 Å². The van der Waals surface area contributed by atoms with Crippen molar-refractivity contribution in [2.24, 2.45) is 13.0 Å². The van der Waals surface area contributed by atoms with Gasteiger partial charge in [0.1, 0.15) is 0 Å². The fourth-order valence-electron chi connectivity index (χ4n) is 3.36. The average Bonchev–Trinajstić information content (AvgIpc) is 2.61. The van der Waals surface area contributed by atoms with Gasteiger partial charge in [0.15, 0.2) is 0 Å². The van der Waals surface area contributed by atoms with E-state index in [-0.39, 0.29) is 0 Å². The highest BCUT2D eigenvalue weighted by atomic mass is 15.3. The van der Waals surface area contributed by atoms with E-state index >= 15 is 0 Å². The summed E-state index contributed by atoms with van der Waals surface area (Å²) in [5.74, 6) is 0.780. The highest BCUT2D eigenvalue weighted by Crippen LogP contribution is 2.26. The zero-order valence-electron chi connectivity index (χ0n) is 12.8. The average molecular weight is 263 g/mol. The van der Waals surface area contributed by atoms with Gasteiger partial charge in [-0.15, -0.1) is 0 Å². The third-order valence-electron chi connectivity index (χ3n) is 4.49. The lowest BCUT2D eigenvalue weighted by molar-refractivity contribution is 0.332. The number of hydrogen-bond acceptors (Lipinski definition) is 2. The van der Waals surface area contributed by atoms with E-state index in [0.29, 0.717) is 6.04 Å². The summed E-state index contributed by atoms with van der Waals surface area (Å²) in [5.41, 5.74) is 2.64. The van der Waals surface area contributed by atoms with Gasteiger partial charge in [-0.2, -0.15) is 5.10 Å². The molecule has 1 heterocycles. The number of hydrogen-bond donors (Lipinski definition) is 1. The molecule has 1 fully saturated rings. The Bertz CT molecular complexity index is 383. The summed E-state index contributed by atoms with van der Waals surface area (Å²) in [4.78, 5) is 0. The van der Waals surface area contributed by atoms with E-state index < -0.39 is 0 Å². The van der Waals surface area contributed by atoms with Crippen molar-refractivity contribution < 1.29 is 0 Å². The molecule has 1 aliphatic carbocycles. The lowest BCUT2D eigenvalue weighted by Crippen LogP contribution is -2.36. The minimum atomic E-state index is 0.701. The second-order valence-corrected chi connectivity index (χ2v) is 5.87.